The fourth-order valence-corrected chi connectivity index (χ4v) is 4.53. The summed E-state index contributed by atoms with van der Waals surface area (Å²) in [4.78, 5) is 36.7. The molecule has 0 bridgehead atoms. The number of amides is 1. The lowest BCUT2D eigenvalue weighted by Crippen LogP contribution is -2.49. The summed E-state index contributed by atoms with van der Waals surface area (Å²) >= 11 is 0. The minimum atomic E-state index is -4.84. The number of aromatic amines is 1. The number of halogens is 6. The summed E-state index contributed by atoms with van der Waals surface area (Å²) in [7, 11) is 0. The van der Waals surface area contributed by atoms with Crippen LogP contribution in [0.1, 0.15) is 30.4 Å². The summed E-state index contributed by atoms with van der Waals surface area (Å²) in [6, 6.07) is -0.401. The molecule has 0 aromatic carbocycles. The molecule has 2 aliphatic rings. The van der Waals surface area contributed by atoms with E-state index in [9.17, 15) is 35.9 Å². The zero-order valence-corrected chi connectivity index (χ0v) is 20.1. The van der Waals surface area contributed by atoms with E-state index in [-0.39, 0.29) is 37.2 Å². The molecular weight excluding hydrogens is 524 g/mol. The molecule has 10 nitrogen and oxygen atoms in total. The molecule has 1 unspecified atom stereocenters. The van der Waals surface area contributed by atoms with Gasteiger partial charge < -0.3 is 19.4 Å². The van der Waals surface area contributed by atoms with Gasteiger partial charge in [0.1, 0.15) is 5.56 Å². The molecule has 1 N–H and O–H groups in total. The maximum Gasteiger partial charge on any atom is 0.423 e. The summed E-state index contributed by atoms with van der Waals surface area (Å²) in [6.07, 6.45) is -5.69. The van der Waals surface area contributed by atoms with Crippen LogP contribution in [0.3, 0.4) is 0 Å². The van der Waals surface area contributed by atoms with Crippen LogP contribution in [0.25, 0.3) is 0 Å². The Bertz CT molecular complexity index is 1160. The molecule has 4 heterocycles. The van der Waals surface area contributed by atoms with E-state index in [0.29, 0.717) is 45.6 Å². The van der Waals surface area contributed by atoms with Gasteiger partial charge in [-0.15, -0.1) is 0 Å². The number of hydrogen-bond donors (Lipinski definition) is 1. The number of carbonyl (C=O) groups excluding carboxylic acids is 1. The minimum absolute atomic E-state index is 0.0594. The lowest BCUT2D eigenvalue weighted by Gasteiger charge is -2.34. The Labute approximate surface area is 212 Å². The van der Waals surface area contributed by atoms with Gasteiger partial charge in [0, 0.05) is 45.1 Å². The van der Waals surface area contributed by atoms with Crippen molar-refractivity contribution in [1.29, 1.82) is 0 Å². The van der Waals surface area contributed by atoms with Crippen LogP contribution in [0, 0.1) is 0 Å². The van der Waals surface area contributed by atoms with Crippen LogP contribution in [-0.2, 0) is 21.9 Å². The van der Waals surface area contributed by atoms with Crippen molar-refractivity contribution in [2.75, 3.05) is 55.7 Å². The molecule has 2 fully saturated rings. The zero-order chi connectivity index (χ0) is 27.5. The number of alkyl halides is 6. The second-order valence-corrected chi connectivity index (χ2v) is 8.91. The number of rotatable bonds is 7. The molecule has 0 spiro atoms. The number of carbonyl (C=O) groups is 1. The first kappa shape index (κ1) is 27.6. The number of anilines is 2. The van der Waals surface area contributed by atoms with E-state index in [1.807, 2.05) is 5.10 Å². The molecule has 1 amide bonds. The van der Waals surface area contributed by atoms with Crippen molar-refractivity contribution < 1.29 is 35.9 Å². The summed E-state index contributed by atoms with van der Waals surface area (Å²) in [5, 5.41) is 5.34. The van der Waals surface area contributed by atoms with E-state index in [2.05, 4.69) is 15.1 Å². The van der Waals surface area contributed by atoms with Crippen molar-refractivity contribution in [3.05, 3.63) is 40.1 Å². The predicted molar refractivity (Wildman–Crippen MR) is 121 cm³/mol. The van der Waals surface area contributed by atoms with Gasteiger partial charge >= 0.3 is 12.4 Å². The average molecular weight is 549 g/mol. The molecule has 0 radical (unpaired) electrons. The molecule has 0 saturated carbocycles. The Morgan fingerprint density at radius 1 is 1.00 bits per heavy atom. The first-order valence-electron chi connectivity index (χ1n) is 11.9. The van der Waals surface area contributed by atoms with Gasteiger partial charge in [-0.1, -0.05) is 0 Å². The van der Waals surface area contributed by atoms with E-state index in [1.165, 1.54) is 4.90 Å². The summed E-state index contributed by atoms with van der Waals surface area (Å²) < 4.78 is 84.0. The third-order valence-electron chi connectivity index (χ3n) is 6.46. The van der Waals surface area contributed by atoms with E-state index < -0.39 is 35.1 Å². The lowest BCUT2D eigenvalue weighted by atomic mass is 10.2. The smallest absolute Gasteiger partial charge is 0.379 e. The third kappa shape index (κ3) is 6.34. The van der Waals surface area contributed by atoms with E-state index >= 15 is 0 Å². The van der Waals surface area contributed by atoms with E-state index in [0.717, 1.165) is 18.6 Å². The van der Waals surface area contributed by atoms with Gasteiger partial charge in [0.25, 0.3) is 5.56 Å². The van der Waals surface area contributed by atoms with Crippen LogP contribution >= 0.6 is 0 Å². The molecule has 1 atom stereocenters. The normalized spacial score (nSPS) is 18.8. The quantitative estimate of drug-likeness (QED) is 0.415. The molecule has 208 valence electrons. The van der Waals surface area contributed by atoms with Gasteiger partial charge in [0.15, 0.2) is 0 Å². The van der Waals surface area contributed by atoms with E-state index in [1.54, 1.807) is 9.80 Å². The number of ether oxygens (including phenoxy) is 1. The second-order valence-electron chi connectivity index (χ2n) is 8.91. The Hall–Kier alpha value is -3.43. The van der Waals surface area contributed by atoms with Crippen molar-refractivity contribution in [2.45, 2.75) is 37.7 Å². The molecule has 38 heavy (non-hydrogen) atoms. The maximum atomic E-state index is 13.4. The van der Waals surface area contributed by atoms with Crippen LogP contribution in [0.4, 0.5) is 38.0 Å². The SMILES string of the molecule is O=C(CCOCC1CCCN1c1cn[nH]c(=O)c1C(F)(F)F)N1CCN(c2ncc(C(F)(F)F)cn2)CC1. The Balaban J connectivity index is 1.23. The number of aromatic nitrogens is 4. The van der Waals surface area contributed by atoms with Crippen LogP contribution in [0.5, 0.6) is 0 Å². The van der Waals surface area contributed by atoms with Crippen LogP contribution in [-0.4, -0.2) is 83.0 Å². The van der Waals surface area contributed by atoms with Crippen molar-refractivity contribution in [2.24, 2.45) is 0 Å². The highest BCUT2D eigenvalue weighted by molar-refractivity contribution is 5.76. The van der Waals surface area contributed by atoms with Gasteiger partial charge in [0.2, 0.25) is 11.9 Å². The molecule has 4 rings (SSSR count). The number of piperazine rings is 1. The topological polar surface area (TPSA) is 108 Å². The zero-order valence-electron chi connectivity index (χ0n) is 20.1. The molecule has 0 aliphatic carbocycles. The number of nitrogens with zero attached hydrogens (tertiary/aromatic N) is 6. The predicted octanol–water partition coefficient (Wildman–Crippen LogP) is 2.32. The molecule has 2 aromatic rings. The van der Waals surface area contributed by atoms with Crippen molar-refractivity contribution in [1.82, 2.24) is 25.1 Å². The fourth-order valence-electron chi connectivity index (χ4n) is 4.53. The molecule has 2 aromatic heterocycles. The number of hydrogen-bond acceptors (Lipinski definition) is 8. The highest BCUT2D eigenvalue weighted by atomic mass is 19.4. The van der Waals surface area contributed by atoms with Gasteiger partial charge in [0.05, 0.1) is 43.1 Å². The standard InChI is InChI=1S/C22H25F6N7O3/c23-21(24,25)14-10-29-20(30-11-14)34-7-5-33(6-8-34)17(36)3-9-38-13-15-2-1-4-35(15)16-12-31-32-19(37)18(16)22(26,27)28/h10-12,15H,1-9,13H2,(H,32,37). The number of H-pyrrole nitrogens is 1. The highest BCUT2D eigenvalue weighted by Gasteiger charge is 2.40. The fraction of sp³-hybridized carbons (Fsp3) is 0.591. The summed E-state index contributed by atoms with van der Waals surface area (Å²) in [5.74, 6) is -0.0294. The average Bonchev–Trinajstić information content (AvgIpc) is 3.34. The first-order valence-corrected chi connectivity index (χ1v) is 11.9. The molecule has 16 heteroatoms. The van der Waals surface area contributed by atoms with Gasteiger partial charge in [-0.2, -0.15) is 31.4 Å². The molecular formula is C22H25F6N7O3. The van der Waals surface area contributed by atoms with Crippen LogP contribution in [0.2, 0.25) is 0 Å². The van der Waals surface area contributed by atoms with Crippen molar-refractivity contribution in [3.8, 4) is 0 Å². The van der Waals surface area contributed by atoms with Crippen molar-refractivity contribution in [3.63, 3.8) is 0 Å². The lowest BCUT2D eigenvalue weighted by molar-refractivity contribution is -0.139. The first-order chi connectivity index (χ1) is 17.9. The number of nitrogens with one attached hydrogen (secondary N) is 1. The summed E-state index contributed by atoms with van der Waals surface area (Å²) in [5.41, 5.74) is -3.84. The van der Waals surface area contributed by atoms with E-state index in [4.69, 9.17) is 4.74 Å². The van der Waals surface area contributed by atoms with Crippen LogP contribution < -0.4 is 15.4 Å². The van der Waals surface area contributed by atoms with Gasteiger partial charge in [-0.3, -0.25) is 9.59 Å². The summed E-state index contributed by atoms with van der Waals surface area (Å²) in [6.45, 7) is 1.81. The Morgan fingerprint density at radius 3 is 2.32 bits per heavy atom. The van der Waals surface area contributed by atoms with Crippen molar-refractivity contribution >= 4 is 17.5 Å². The monoisotopic (exact) mass is 549 g/mol. The maximum absolute atomic E-state index is 13.4. The van der Waals surface area contributed by atoms with Gasteiger partial charge in [-0.05, 0) is 12.8 Å². The highest BCUT2D eigenvalue weighted by Crippen LogP contribution is 2.36. The Kier molecular flexibility index (Phi) is 8.08. The molecule has 2 aliphatic heterocycles. The van der Waals surface area contributed by atoms with Gasteiger partial charge in [-0.25, -0.2) is 15.1 Å². The van der Waals surface area contributed by atoms with Crippen LogP contribution in [0.15, 0.2) is 23.4 Å². The second kappa shape index (κ2) is 11.1. The largest absolute Gasteiger partial charge is 0.423 e. The Morgan fingerprint density at radius 2 is 1.68 bits per heavy atom. The third-order valence-corrected chi connectivity index (χ3v) is 6.46. The molecule has 2 saturated heterocycles. The minimum Gasteiger partial charge on any atom is -0.379 e.